The Labute approximate surface area is 172 Å². The normalized spacial score (nSPS) is 11.4. The molecule has 0 fully saturated rings. The Kier molecular flexibility index (Phi) is 6.07. The number of nitrogens with zero attached hydrogens (tertiary/aromatic N) is 3. The lowest BCUT2D eigenvalue weighted by molar-refractivity contribution is 0.102. The van der Waals surface area contributed by atoms with Gasteiger partial charge in [-0.25, -0.2) is 8.42 Å². The SMILES string of the molecule is Cc1ccc(-n2cnnc2SCC(=O)c2ccc(NS(C)(=O)=O)cc2)cc1Cl. The summed E-state index contributed by atoms with van der Waals surface area (Å²) in [5.41, 5.74) is 2.67. The molecule has 0 atom stereocenters. The zero-order valence-corrected chi connectivity index (χ0v) is 17.5. The first kappa shape index (κ1) is 20.4. The van der Waals surface area contributed by atoms with Crippen molar-refractivity contribution in [2.75, 3.05) is 16.7 Å². The lowest BCUT2D eigenvalue weighted by Gasteiger charge is -2.08. The van der Waals surface area contributed by atoms with Gasteiger partial charge in [0.1, 0.15) is 6.33 Å². The third kappa shape index (κ3) is 5.12. The van der Waals surface area contributed by atoms with Crippen molar-refractivity contribution in [3.63, 3.8) is 0 Å². The van der Waals surface area contributed by atoms with Crippen molar-refractivity contribution >= 4 is 44.9 Å². The van der Waals surface area contributed by atoms with Gasteiger partial charge >= 0.3 is 0 Å². The Balaban J connectivity index is 1.69. The topological polar surface area (TPSA) is 93.9 Å². The van der Waals surface area contributed by atoms with Crippen LogP contribution < -0.4 is 4.72 Å². The van der Waals surface area contributed by atoms with E-state index < -0.39 is 10.0 Å². The number of hydrogen-bond acceptors (Lipinski definition) is 6. The number of carbonyl (C=O) groups excluding carboxylic acids is 1. The second-order valence-corrected chi connectivity index (χ2v) is 9.18. The van der Waals surface area contributed by atoms with Crippen molar-refractivity contribution in [2.45, 2.75) is 12.1 Å². The van der Waals surface area contributed by atoms with Crippen LogP contribution in [0.1, 0.15) is 15.9 Å². The molecule has 0 aliphatic carbocycles. The van der Waals surface area contributed by atoms with E-state index in [-0.39, 0.29) is 11.5 Å². The molecule has 10 heteroatoms. The summed E-state index contributed by atoms with van der Waals surface area (Å²) in [5.74, 6) is 0.0596. The Morgan fingerprint density at radius 3 is 2.57 bits per heavy atom. The highest BCUT2D eigenvalue weighted by Gasteiger charge is 2.13. The van der Waals surface area contributed by atoms with Crippen molar-refractivity contribution < 1.29 is 13.2 Å². The molecular formula is C18H17ClN4O3S2. The highest BCUT2D eigenvalue weighted by molar-refractivity contribution is 7.99. The highest BCUT2D eigenvalue weighted by atomic mass is 35.5. The molecule has 0 saturated heterocycles. The second kappa shape index (κ2) is 8.34. The summed E-state index contributed by atoms with van der Waals surface area (Å²) in [6, 6.07) is 11.9. The van der Waals surface area contributed by atoms with E-state index in [4.69, 9.17) is 11.6 Å². The molecule has 28 heavy (non-hydrogen) atoms. The van der Waals surface area contributed by atoms with Gasteiger partial charge in [0, 0.05) is 16.3 Å². The van der Waals surface area contributed by atoms with E-state index in [0.717, 1.165) is 17.5 Å². The number of anilines is 1. The summed E-state index contributed by atoms with van der Waals surface area (Å²) < 4.78 is 26.6. The van der Waals surface area contributed by atoms with E-state index in [1.54, 1.807) is 35.2 Å². The smallest absolute Gasteiger partial charge is 0.229 e. The fourth-order valence-corrected chi connectivity index (χ4v) is 3.95. The number of ketones is 1. The van der Waals surface area contributed by atoms with Crippen molar-refractivity contribution in [3.8, 4) is 5.69 Å². The van der Waals surface area contributed by atoms with E-state index in [2.05, 4.69) is 14.9 Å². The van der Waals surface area contributed by atoms with E-state index in [1.807, 2.05) is 25.1 Å². The molecule has 0 amide bonds. The van der Waals surface area contributed by atoms with Crippen LogP contribution in [0.5, 0.6) is 0 Å². The summed E-state index contributed by atoms with van der Waals surface area (Å²) in [7, 11) is -3.35. The third-order valence-corrected chi connectivity index (χ3v) is 5.75. The average molecular weight is 437 g/mol. The van der Waals surface area contributed by atoms with Gasteiger partial charge in [-0.2, -0.15) is 0 Å². The quantitative estimate of drug-likeness (QED) is 0.449. The van der Waals surface area contributed by atoms with Crippen LogP contribution in [0.3, 0.4) is 0 Å². The van der Waals surface area contributed by atoms with Crippen LogP contribution in [-0.2, 0) is 10.0 Å². The molecule has 3 aromatic rings. The van der Waals surface area contributed by atoms with Crippen LogP contribution >= 0.6 is 23.4 Å². The number of carbonyl (C=O) groups is 1. The van der Waals surface area contributed by atoms with E-state index in [9.17, 15) is 13.2 Å². The first-order chi connectivity index (χ1) is 13.2. The number of halogens is 1. The highest BCUT2D eigenvalue weighted by Crippen LogP contribution is 2.24. The second-order valence-electron chi connectivity index (χ2n) is 6.08. The fourth-order valence-electron chi connectivity index (χ4n) is 2.38. The molecule has 0 saturated carbocycles. The molecule has 2 aromatic carbocycles. The number of rotatable bonds is 7. The number of Topliss-reactive ketones (excluding diaryl/α,β-unsaturated/α-hetero) is 1. The first-order valence-corrected chi connectivity index (χ1v) is 11.4. The summed E-state index contributed by atoms with van der Waals surface area (Å²) in [6.07, 6.45) is 2.64. The lowest BCUT2D eigenvalue weighted by atomic mass is 10.1. The van der Waals surface area contributed by atoms with Gasteiger partial charge in [0.25, 0.3) is 0 Å². The van der Waals surface area contributed by atoms with Crippen LogP contribution in [0.4, 0.5) is 5.69 Å². The van der Waals surface area contributed by atoms with Crippen LogP contribution in [0.15, 0.2) is 53.9 Å². The zero-order chi connectivity index (χ0) is 20.3. The summed E-state index contributed by atoms with van der Waals surface area (Å²) in [4.78, 5) is 12.4. The van der Waals surface area contributed by atoms with Gasteiger partial charge in [0.05, 0.1) is 17.7 Å². The molecule has 0 aliphatic heterocycles. The average Bonchev–Trinajstić information content (AvgIpc) is 3.10. The predicted octanol–water partition coefficient (Wildman–Crippen LogP) is 3.58. The predicted molar refractivity (Wildman–Crippen MR) is 111 cm³/mol. The van der Waals surface area contributed by atoms with Crippen LogP contribution in [0, 0.1) is 6.92 Å². The summed E-state index contributed by atoms with van der Waals surface area (Å²) in [6.45, 7) is 1.92. The van der Waals surface area contributed by atoms with Gasteiger partial charge in [0.2, 0.25) is 10.0 Å². The van der Waals surface area contributed by atoms with E-state index in [1.165, 1.54) is 11.8 Å². The van der Waals surface area contributed by atoms with E-state index in [0.29, 0.717) is 21.4 Å². The summed E-state index contributed by atoms with van der Waals surface area (Å²) in [5, 5.41) is 9.20. The Bertz CT molecular complexity index is 1110. The van der Waals surface area contributed by atoms with Gasteiger partial charge in [0.15, 0.2) is 10.9 Å². The van der Waals surface area contributed by atoms with Crippen LogP contribution in [0.2, 0.25) is 5.02 Å². The number of nitrogens with one attached hydrogen (secondary N) is 1. The molecular weight excluding hydrogens is 420 g/mol. The molecule has 0 bridgehead atoms. The Morgan fingerprint density at radius 2 is 1.93 bits per heavy atom. The Hall–Kier alpha value is -2.36. The summed E-state index contributed by atoms with van der Waals surface area (Å²) >= 11 is 7.45. The molecule has 0 unspecified atom stereocenters. The minimum Gasteiger partial charge on any atom is -0.293 e. The van der Waals surface area contributed by atoms with Crippen molar-refractivity contribution in [1.29, 1.82) is 0 Å². The van der Waals surface area contributed by atoms with Gasteiger partial charge in [-0.15, -0.1) is 10.2 Å². The largest absolute Gasteiger partial charge is 0.293 e. The first-order valence-electron chi connectivity index (χ1n) is 8.13. The number of hydrogen-bond donors (Lipinski definition) is 1. The van der Waals surface area contributed by atoms with Gasteiger partial charge < -0.3 is 0 Å². The molecule has 1 aromatic heterocycles. The third-order valence-electron chi connectivity index (χ3n) is 3.79. The molecule has 1 heterocycles. The van der Waals surface area contributed by atoms with Gasteiger partial charge in [-0.3, -0.25) is 14.1 Å². The molecule has 0 radical (unpaired) electrons. The fraction of sp³-hybridized carbons (Fsp3) is 0.167. The van der Waals surface area contributed by atoms with Gasteiger partial charge in [-0.05, 0) is 48.9 Å². The lowest BCUT2D eigenvalue weighted by Crippen LogP contribution is -2.10. The number of aromatic nitrogens is 3. The van der Waals surface area contributed by atoms with Crippen molar-refractivity contribution in [1.82, 2.24) is 14.8 Å². The number of benzene rings is 2. The maximum absolute atomic E-state index is 12.4. The Morgan fingerprint density at radius 1 is 1.21 bits per heavy atom. The molecule has 3 rings (SSSR count). The number of sulfonamides is 1. The molecule has 7 nitrogen and oxygen atoms in total. The standard InChI is InChI=1S/C18H17ClN4O3S2/c1-12-3-8-15(9-16(12)19)23-11-20-21-18(23)27-10-17(24)13-4-6-14(7-5-13)22-28(2,25)26/h3-9,11,22H,10H2,1-2H3. The molecule has 0 spiro atoms. The van der Waals surface area contributed by atoms with Crippen LogP contribution in [-0.4, -0.2) is 41.0 Å². The zero-order valence-electron chi connectivity index (χ0n) is 15.1. The number of aryl methyl sites for hydroxylation is 1. The van der Waals surface area contributed by atoms with Gasteiger partial charge in [-0.1, -0.05) is 29.4 Å². The van der Waals surface area contributed by atoms with Crippen LogP contribution in [0.25, 0.3) is 5.69 Å². The van der Waals surface area contributed by atoms with Crippen molar-refractivity contribution in [3.05, 3.63) is 64.9 Å². The monoisotopic (exact) mass is 436 g/mol. The minimum absolute atomic E-state index is 0.104. The molecule has 0 aliphatic rings. The minimum atomic E-state index is -3.35. The van der Waals surface area contributed by atoms with E-state index >= 15 is 0 Å². The number of thioether (sulfide) groups is 1. The molecule has 1 N–H and O–H groups in total. The molecule has 146 valence electrons. The maximum atomic E-state index is 12.4. The van der Waals surface area contributed by atoms with Crippen molar-refractivity contribution in [2.24, 2.45) is 0 Å². The maximum Gasteiger partial charge on any atom is 0.229 e.